The zero-order chi connectivity index (χ0) is 11.7. The Labute approximate surface area is 90.9 Å². The molecule has 15 heavy (non-hydrogen) atoms. The highest BCUT2D eigenvalue weighted by molar-refractivity contribution is 5.78. The molecule has 3 nitrogen and oxygen atoms in total. The van der Waals surface area contributed by atoms with Crippen LogP contribution in [0.4, 0.5) is 0 Å². The van der Waals surface area contributed by atoms with Gasteiger partial charge in [-0.05, 0) is 31.0 Å². The topological polar surface area (TPSA) is 63.3 Å². The summed E-state index contributed by atoms with van der Waals surface area (Å²) in [5.74, 6) is 0.808. The molecule has 0 radical (unpaired) electrons. The third-order valence-electron chi connectivity index (χ3n) is 1.81. The van der Waals surface area contributed by atoms with Gasteiger partial charge in [-0.1, -0.05) is 26.0 Å². The maximum absolute atomic E-state index is 10.1. The molecule has 0 aliphatic heterocycles. The number of carbonyl (C=O) groups excluding carboxylic acids is 1. The van der Waals surface area contributed by atoms with Gasteiger partial charge in [0.2, 0.25) is 0 Å². The van der Waals surface area contributed by atoms with E-state index in [0.717, 1.165) is 18.9 Å². The predicted octanol–water partition coefficient (Wildman–Crippen LogP) is 2.20. The van der Waals surface area contributed by atoms with Crippen LogP contribution in [0.25, 0.3) is 0 Å². The minimum atomic E-state index is 0.0347. The minimum Gasteiger partial charge on any atom is -0.507 e. The van der Waals surface area contributed by atoms with Gasteiger partial charge in [0.15, 0.2) is 6.29 Å². The average molecular weight is 209 g/mol. The second-order valence-electron chi connectivity index (χ2n) is 3.65. The van der Waals surface area contributed by atoms with E-state index < -0.39 is 0 Å². The second kappa shape index (κ2) is 8.00. The number of phenolic OH excluding ortho intramolecular Hbond substituents is 1. The van der Waals surface area contributed by atoms with Gasteiger partial charge in [0, 0.05) is 0 Å². The maximum atomic E-state index is 10.1. The van der Waals surface area contributed by atoms with Crippen LogP contribution in [-0.4, -0.2) is 17.9 Å². The van der Waals surface area contributed by atoms with Crippen LogP contribution in [0.5, 0.6) is 5.75 Å². The van der Waals surface area contributed by atoms with Crippen LogP contribution in [0, 0.1) is 5.92 Å². The Kier molecular flexibility index (Phi) is 7.28. The molecule has 84 valence electrons. The van der Waals surface area contributed by atoms with Crippen LogP contribution in [0.2, 0.25) is 0 Å². The molecule has 0 aromatic heterocycles. The lowest BCUT2D eigenvalue weighted by atomic mass is 10.1. The van der Waals surface area contributed by atoms with Crippen molar-refractivity contribution in [2.45, 2.75) is 20.3 Å². The molecule has 3 N–H and O–H groups in total. The Morgan fingerprint density at radius 3 is 2.27 bits per heavy atom. The summed E-state index contributed by atoms with van der Waals surface area (Å²) in [7, 11) is 0. The zero-order valence-electron chi connectivity index (χ0n) is 9.31. The first kappa shape index (κ1) is 13.7. The van der Waals surface area contributed by atoms with E-state index in [9.17, 15) is 4.79 Å². The molecular formula is C12H19NO2. The normalized spacial score (nSPS) is 9.33. The number of hydrogen-bond acceptors (Lipinski definition) is 3. The first-order chi connectivity index (χ1) is 7.11. The quantitative estimate of drug-likeness (QED) is 0.750. The summed E-state index contributed by atoms with van der Waals surface area (Å²) in [6.07, 6.45) is 1.77. The standard InChI is InChI=1S/C7H6O2.C5H13N/c8-5-6-3-1-2-4-7(6)9;1-5(2)3-4-6/h1-5,9H;5H,3-4,6H2,1-2H3. The van der Waals surface area contributed by atoms with Crippen molar-refractivity contribution in [3.05, 3.63) is 29.8 Å². The molecule has 0 saturated carbocycles. The summed E-state index contributed by atoms with van der Waals surface area (Å²) in [6, 6.07) is 6.40. The molecule has 0 bridgehead atoms. The first-order valence-corrected chi connectivity index (χ1v) is 5.05. The third kappa shape index (κ3) is 6.69. The van der Waals surface area contributed by atoms with E-state index in [2.05, 4.69) is 13.8 Å². The number of phenols is 1. The number of benzene rings is 1. The summed E-state index contributed by atoms with van der Waals surface area (Å²) >= 11 is 0. The van der Waals surface area contributed by atoms with E-state index in [1.807, 2.05) is 0 Å². The molecule has 0 unspecified atom stereocenters. The molecular weight excluding hydrogens is 190 g/mol. The molecule has 3 heteroatoms. The number of aromatic hydroxyl groups is 1. The highest BCUT2D eigenvalue weighted by Crippen LogP contribution is 2.11. The highest BCUT2D eigenvalue weighted by atomic mass is 16.3. The van der Waals surface area contributed by atoms with Gasteiger partial charge >= 0.3 is 0 Å². The van der Waals surface area contributed by atoms with E-state index in [0.29, 0.717) is 11.8 Å². The van der Waals surface area contributed by atoms with Crippen molar-refractivity contribution in [1.29, 1.82) is 0 Å². The molecule has 0 heterocycles. The molecule has 1 aromatic carbocycles. The Bertz CT molecular complexity index is 285. The first-order valence-electron chi connectivity index (χ1n) is 5.05. The lowest BCUT2D eigenvalue weighted by Gasteiger charge is -1.96. The van der Waals surface area contributed by atoms with Gasteiger partial charge < -0.3 is 10.8 Å². The Hall–Kier alpha value is -1.35. The van der Waals surface area contributed by atoms with E-state index in [1.54, 1.807) is 18.2 Å². The maximum Gasteiger partial charge on any atom is 0.153 e. The molecule has 0 saturated heterocycles. The van der Waals surface area contributed by atoms with Crippen molar-refractivity contribution in [2.24, 2.45) is 11.7 Å². The van der Waals surface area contributed by atoms with Crippen LogP contribution >= 0.6 is 0 Å². The molecule has 0 spiro atoms. The second-order valence-corrected chi connectivity index (χ2v) is 3.65. The van der Waals surface area contributed by atoms with E-state index in [1.165, 1.54) is 6.07 Å². The van der Waals surface area contributed by atoms with Gasteiger partial charge in [0.1, 0.15) is 5.75 Å². The lowest BCUT2D eigenvalue weighted by molar-refractivity contribution is 0.112. The number of para-hydroxylation sites is 1. The van der Waals surface area contributed by atoms with Gasteiger partial charge in [0.05, 0.1) is 5.56 Å². The highest BCUT2D eigenvalue weighted by Gasteiger charge is 1.93. The molecule has 1 rings (SSSR count). The van der Waals surface area contributed by atoms with Crippen molar-refractivity contribution in [2.75, 3.05) is 6.54 Å². The number of nitrogens with two attached hydrogens (primary N) is 1. The monoisotopic (exact) mass is 209 g/mol. The number of carbonyl (C=O) groups is 1. The Balaban J connectivity index is 0.000000288. The van der Waals surface area contributed by atoms with E-state index in [-0.39, 0.29) is 5.75 Å². The van der Waals surface area contributed by atoms with Crippen molar-refractivity contribution >= 4 is 6.29 Å². The minimum absolute atomic E-state index is 0.0347. The Morgan fingerprint density at radius 1 is 1.40 bits per heavy atom. The summed E-state index contributed by atoms with van der Waals surface area (Å²) in [5.41, 5.74) is 5.56. The van der Waals surface area contributed by atoms with Crippen LogP contribution in [0.1, 0.15) is 30.6 Å². The summed E-state index contributed by atoms with van der Waals surface area (Å²) in [4.78, 5) is 10.1. The van der Waals surface area contributed by atoms with Crippen LogP contribution < -0.4 is 5.73 Å². The Morgan fingerprint density at radius 2 is 2.00 bits per heavy atom. The molecule has 0 atom stereocenters. The van der Waals surface area contributed by atoms with Crippen molar-refractivity contribution < 1.29 is 9.90 Å². The lowest BCUT2D eigenvalue weighted by Crippen LogP contribution is -2.01. The van der Waals surface area contributed by atoms with Crippen LogP contribution in [0.3, 0.4) is 0 Å². The largest absolute Gasteiger partial charge is 0.507 e. The molecule has 0 fully saturated rings. The van der Waals surface area contributed by atoms with Crippen molar-refractivity contribution in [1.82, 2.24) is 0 Å². The number of rotatable bonds is 3. The average Bonchev–Trinajstić information content (AvgIpc) is 2.19. The molecule has 0 aliphatic rings. The van der Waals surface area contributed by atoms with E-state index >= 15 is 0 Å². The smallest absolute Gasteiger partial charge is 0.153 e. The van der Waals surface area contributed by atoms with Crippen molar-refractivity contribution in [3.63, 3.8) is 0 Å². The molecule has 0 aliphatic carbocycles. The zero-order valence-corrected chi connectivity index (χ0v) is 9.31. The predicted molar refractivity (Wildman–Crippen MR) is 62.0 cm³/mol. The number of aldehydes is 1. The summed E-state index contributed by atoms with van der Waals surface area (Å²) in [6.45, 7) is 5.18. The van der Waals surface area contributed by atoms with E-state index in [4.69, 9.17) is 10.8 Å². The number of hydrogen-bond donors (Lipinski definition) is 2. The van der Waals surface area contributed by atoms with Gasteiger partial charge in [-0.2, -0.15) is 0 Å². The SMILES string of the molecule is CC(C)CCN.O=Cc1ccccc1O. The molecule has 1 aromatic rings. The third-order valence-corrected chi connectivity index (χ3v) is 1.81. The fraction of sp³-hybridized carbons (Fsp3) is 0.417. The summed E-state index contributed by atoms with van der Waals surface area (Å²) in [5, 5.41) is 8.88. The molecule has 0 amide bonds. The summed E-state index contributed by atoms with van der Waals surface area (Å²) < 4.78 is 0. The van der Waals surface area contributed by atoms with Gasteiger partial charge in [-0.25, -0.2) is 0 Å². The fourth-order valence-electron chi connectivity index (χ4n) is 0.921. The van der Waals surface area contributed by atoms with Gasteiger partial charge in [-0.3, -0.25) is 4.79 Å². The van der Waals surface area contributed by atoms with Gasteiger partial charge in [0.25, 0.3) is 0 Å². The van der Waals surface area contributed by atoms with Gasteiger partial charge in [-0.15, -0.1) is 0 Å². The fourth-order valence-corrected chi connectivity index (χ4v) is 0.921. The van der Waals surface area contributed by atoms with Crippen LogP contribution in [-0.2, 0) is 0 Å². The van der Waals surface area contributed by atoms with Crippen molar-refractivity contribution in [3.8, 4) is 5.75 Å². The van der Waals surface area contributed by atoms with Crippen LogP contribution in [0.15, 0.2) is 24.3 Å².